The molecule has 0 N–H and O–H groups in total. The minimum atomic E-state index is -0.384. The lowest BCUT2D eigenvalue weighted by Crippen LogP contribution is -2.06. The molecule has 1 aromatic carbocycles. The molecule has 0 saturated heterocycles. The maximum Gasteiger partial charge on any atom is 0.305 e. The van der Waals surface area contributed by atoms with E-state index in [1.54, 1.807) is 19.1 Å². The second-order valence-electron chi connectivity index (χ2n) is 4.07. The highest BCUT2D eigenvalue weighted by Crippen LogP contribution is 2.27. The van der Waals surface area contributed by atoms with Gasteiger partial charge in [0.15, 0.2) is 0 Å². The van der Waals surface area contributed by atoms with E-state index in [1.807, 2.05) is 13.0 Å². The Bertz CT molecular complexity index is 499. The average molecular weight is 282 g/mol. The summed E-state index contributed by atoms with van der Waals surface area (Å²) in [5.74, 6) is -0.286. The molecule has 1 unspecified atom stereocenters. The molecule has 6 heteroatoms. The van der Waals surface area contributed by atoms with E-state index in [4.69, 9.17) is 21.9 Å². The number of hydrogen-bond acceptors (Lipinski definition) is 3. The Labute approximate surface area is 117 Å². The quantitative estimate of drug-likeness (QED) is 0.336. The summed E-state index contributed by atoms with van der Waals surface area (Å²) in [6.07, 6.45) is 0.642. The summed E-state index contributed by atoms with van der Waals surface area (Å²) in [4.78, 5) is 14.2. The number of carbonyl (C=O) groups is 1. The lowest BCUT2D eigenvalue weighted by molar-refractivity contribution is -0.143. The van der Waals surface area contributed by atoms with Crippen molar-refractivity contribution in [3.8, 4) is 0 Å². The first kappa shape index (κ1) is 15.3. The molecule has 0 radical (unpaired) electrons. The summed E-state index contributed by atoms with van der Waals surface area (Å²) in [7, 11) is 0. The van der Waals surface area contributed by atoms with Gasteiger partial charge in [-0.15, -0.1) is 0 Å². The van der Waals surface area contributed by atoms with E-state index < -0.39 is 0 Å². The molecule has 0 amide bonds. The van der Waals surface area contributed by atoms with Crippen LogP contribution in [0.25, 0.3) is 10.4 Å². The van der Waals surface area contributed by atoms with Crippen LogP contribution >= 0.6 is 11.6 Å². The van der Waals surface area contributed by atoms with Crippen LogP contribution in [-0.2, 0) is 9.53 Å². The third kappa shape index (κ3) is 4.81. The summed E-state index contributed by atoms with van der Waals surface area (Å²) in [6, 6.07) is 5.05. The summed E-state index contributed by atoms with van der Waals surface area (Å²) >= 11 is 5.95. The molecule has 1 atom stereocenters. The van der Waals surface area contributed by atoms with Crippen molar-refractivity contribution >= 4 is 17.6 Å². The third-order valence-electron chi connectivity index (χ3n) is 2.69. The van der Waals surface area contributed by atoms with Crippen LogP contribution in [0.5, 0.6) is 0 Å². The van der Waals surface area contributed by atoms with Gasteiger partial charge >= 0.3 is 5.97 Å². The van der Waals surface area contributed by atoms with Gasteiger partial charge in [-0.1, -0.05) is 28.8 Å². The van der Waals surface area contributed by atoms with E-state index in [0.29, 0.717) is 18.1 Å². The number of azide groups is 1. The van der Waals surface area contributed by atoms with E-state index in [-0.39, 0.29) is 18.4 Å². The van der Waals surface area contributed by atoms with Crippen LogP contribution in [0.2, 0.25) is 5.02 Å². The normalized spacial score (nSPS) is 11.5. The van der Waals surface area contributed by atoms with Gasteiger partial charge in [-0.3, -0.25) is 4.79 Å². The first-order chi connectivity index (χ1) is 9.08. The number of halogens is 1. The molecule has 0 aliphatic rings. The van der Waals surface area contributed by atoms with Crippen molar-refractivity contribution < 1.29 is 9.53 Å². The fourth-order valence-corrected chi connectivity index (χ4v) is 1.83. The maximum atomic E-state index is 11.3. The van der Waals surface area contributed by atoms with Gasteiger partial charge in [-0.2, -0.15) is 0 Å². The minimum Gasteiger partial charge on any atom is -0.466 e. The fourth-order valence-electron chi connectivity index (χ4n) is 1.72. The van der Waals surface area contributed by atoms with Gasteiger partial charge in [0, 0.05) is 16.4 Å². The predicted octanol–water partition coefficient (Wildman–Crippen LogP) is 4.34. The van der Waals surface area contributed by atoms with E-state index in [1.165, 1.54) is 0 Å². The molecule has 0 aliphatic carbocycles. The van der Waals surface area contributed by atoms with Gasteiger partial charge in [-0.05, 0) is 43.0 Å². The number of benzene rings is 1. The SMILES string of the molecule is CCOC(=O)CCC(N=[N+]=[N-])c1ccc(Cl)c(C)c1. The topological polar surface area (TPSA) is 75.1 Å². The van der Waals surface area contributed by atoms with E-state index in [9.17, 15) is 4.79 Å². The zero-order chi connectivity index (χ0) is 14.3. The molecule has 1 rings (SSSR count). The highest BCUT2D eigenvalue weighted by molar-refractivity contribution is 6.31. The number of aryl methyl sites for hydroxylation is 1. The Morgan fingerprint density at radius 3 is 2.89 bits per heavy atom. The lowest BCUT2D eigenvalue weighted by atomic mass is 10.0. The largest absolute Gasteiger partial charge is 0.466 e. The van der Waals surface area contributed by atoms with Gasteiger partial charge < -0.3 is 4.74 Å². The fraction of sp³-hybridized carbons (Fsp3) is 0.462. The number of carbonyl (C=O) groups excluding carboxylic acids is 1. The predicted molar refractivity (Wildman–Crippen MR) is 73.9 cm³/mol. The molecule has 0 heterocycles. The highest BCUT2D eigenvalue weighted by Gasteiger charge is 2.13. The molecule has 1 aromatic rings. The van der Waals surface area contributed by atoms with Crippen LogP contribution in [0.3, 0.4) is 0 Å². The number of ether oxygens (including phenoxy) is 1. The van der Waals surface area contributed by atoms with Crippen molar-refractivity contribution in [3.63, 3.8) is 0 Å². The van der Waals surface area contributed by atoms with Gasteiger partial charge in [0.05, 0.1) is 12.6 Å². The van der Waals surface area contributed by atoms with E-state index >= 15 is 0 Å². The monoisotopic (exact) mass is 281 g/mol. The molecule has 0 fully saturated rings. The summed E-state index contributed by atoms with van der Waals surface area (Å²) in [6.45, 7) is 3.99. The molecule has 0 aliphatic heterocycles. The molecule has 0 bridgehead atoms. The Morgan fingerprint density at radius 1 is 1.58 bits per heavy atom. The first-order valence-electron chi connectivity index (χ1n) is 6.04. The molecular weight excluding hydrogens is 266 g/mol. The number of nitrogens with zero attached hydrogens (tertiary/aromatic N) is 3. The Hall–Kier alpha value is -1.71. The zero-order valence-electron chi connectivity index (χ0n) is 11.0. The Balaban J connectivity index is 2.79. The third-order valence-corrected chi connectivity index (χ3v) is 3.11. The van der Waals surface area contributed by atoms with Crippen molar-refractivity contribution in [1.29, 1.82) is 0 Å². The lowest BCUT2D eigenvalue weighted by Gasteiger charge is -2.12. The van der Waals surface area contributed by atoms with Crippen LogP contribution < -0.4 is 0 Å². The molecule has 5 nitrogen and oxygen atoms in total. The Morgan fingerprint density at radius 2 is 2.32 bits per heavy atom. The zero-order valence-corrected chi connectivity index (χ0v) is 11.7. The summed E-state index contributed by atoms with van der Waals surface area (Å²) in [5.41, 5.74) is 10.4. The molecular formula is C13H16ClN3O2. The van der Waals surface area contributed by atoms with Gasteiger partial charge in [0.1, 0.15) is 0 Å². The Kier molecular flexibility index (Phi) is 6.19. The number of hydrogen-bond donors (Lipinski definition) is 0. The summed E-state index contributed by atoms with van der Waals surface area (Å²) < 4.78 is 4.85. The molecule has 0 saturated carbocycles. The maximum absolute atomic E-state index is 11.3. The summed E-state index contributed by atoms with van der Waals surface area (Å²) in [5, 5.41) is 4.39. The van der Waals surface area contributed by atoms with Gasteiger partial charge in [-0.25, -0.2) is 0 Å². The van der Waals surface area contributed by atoms with Crippen molar-refractivity contribution in [3.05, 3.63) is 44.8 Å². The van der Waals surface area contributed by atoms with E-state index in [0.717, 1.165) is 11.1 Å². The minimum absolute atomic E-state index is 0.221. The second kappa shape index (κ2) is 7.67. The average Bonchev–Trinajstić information content (AvgIpc) is 2.38. The van der Waals surface area contributed by atoms with Crippen LogP contribution in [-0.4, -0.2) is 12.6 Å². The standard InChI is InChI=1S/C13H16ClN3O2/c1-3-19-13(18)7-6-12(16-17-15)10-4-5-11(14)9(2)8-10/h4-5,8,12H,3,6-7H2,1-2H3. The number of esters is 1. The van der Waals surface area contributed by atoms with Gasteiger partial charge in [0.25, 0.3) is 0 Å². The van der Waals surface area contributed by atoms with E-state index in [2.05, 4.69) is 10.0 Å². The van der Waals surface area contributed by atoms with Crippen LogP contribution in [0, 0.1) is 6.92 Å². The van der Waals surface area contributed by atoms with Gasteiger partial charge in [0.2, 0.25) is 0 Å². The van der Waals surface area contributed by atoms with Crippen molar-refractivity contribution in [2.75, 3.05) is 6.61 Å². The second-order valence-corrected chi connectivity index (χ2v) is 4.48. The number of rotatable bonds is 6. The highest BCUT2D eigenvalue weighted by atomic mass is 35.5. The smallest absolute Gasteiger partial charge is 0.305 e. The first-order valence-corrected chi connectivity index (χ1v) is 6.42. The van der Waals surface area contributed by atoms with Crippen LogP contribution in [0.15, 0.2) is 23.3 Å². The van der Waals surface area contributed by atoms with Crippen molar-refractivity contribution in [1.82, 2.24) is 0 Å². The molecule has 19 heavy (non-hydrogen) atoms. The van der Waals surface area contributed by atoms with Crippen LogP contribution in [0.4, 0.5) is 0 Å². The molecule has 102 valence electrons. The van der Waals surface area contributed by atoms with Crippen LogP contribution in [0.1, 0.15) is 36.9 Å². The molecule has 0 aromatic heterocycles. The molecule has 0 spiro atoms. The van der Waals surface area contributed by atoms with Crippen molar-refractivity contribution in [2.45, 2.75) is 32.7 Å². The van der Waals surface area contributed by atoms with Crippen molar-refractivity contribution in [2.24, 2.45) is 5.11 Å².